The topological polar surface area (TPSA) is 50.1 Å². The number of benzene rings is 1. The summed E-state index contributed by atoms with van der Waals surface area (Å²) in [5.74, 6) is -0.520. The van der Waals surface area contributed by atoms with Gasteiger partial charge in [0.2, 0.25) is 0 Å². The highest BCUT2D eigenvalue weighted by Gasteiger charge is 2.04. The fourth-order valence-corrected chi connectivity index (χ4v) is 0.906. The second kappa shape index (κ2) is 5.05. The van der Waals surface area contributed by atoms with Gasteiger partial charge in [0.25, 0.3) is 0 Å². The Morgan fingerprint density at radius 1 is 1.43 bits per heavy atom. The molecule has 0 heterocycles. The average Bonchev–Trinajstić information content (AvgIpc) is 2.19. The van der Waals surface area contributed by atoms with Crippen molar-refractivity contribution < 1.29 is 9.53 Å². The molecule has 3 nitrogen and oxygen atoms in total. The minimum atomic E-state index is -0.520. The second-order valence-electron chi connectivity index (χ2n) is 2.34. The molecular formula is C10H6ClNO2. The van der Waals surface area contributed by atoms with Crippen LogP contribution >= 0.6 is 11.6 Å². The molecule has 0 bridgehead atoms. The molecule has 1 aromatic rings. The molecule has 0 atom stereocenters. The van der Waals surface area contributed by atoms with Gasteiger partial charge < -0.3 is 4.74 Å². The fourth-order valence-electron chi connectivity index (χ4n) is 0.780. The zero-order valence-electron chi connectivity index (χ0n) is 7.11. The third-order valence-corrected chi connectivity index (χ3v) is 1.65. The molecule has 0 unspecified atom stereocenters. The molecule has 0 radical (unpaired) electrons. The molecule has 0 aromatic heterocycles. The summed E-state index contributed by atoms with van der Waals surface area (Å²) in [6.07, 6.45) is 2.12. The van der Waals surface area contributed by atoms with Crippen LogP contribution in [0.2, 0.25) is 5.02 Å². The van der Waals surface area contributed by atoms with Gasteiger partial charge in [-0.3, -0.25) is 0 Å². The smallest absolute Gasteiger partial charge is 0.342 e. The third-order valence-electron chi connectivity index (χ3n) is 1.40. The van der Waals surface area contributed by atoms with Crippen LogP contribution in [0, 0.1) is 11.3 Å². The van der Waals surface area contributed by atoms with Crippen molar-refractivity contribution in [3.8, 4) is 6.07 Å². The molecule has 0 saturated heterocycles. The first-order chi connectivity index (χ1) is 6.74. The summed E-state index contributed by atoms with van der Waals surface area (Å²) in [4.78, 5) is 11.2. The zero-order valence-corrected chi connectivity index (χ0v) is 7.86. The molecular weight excluding hydrogens is 202 g/mol. The lowest BCUT2D eigenvalue weighted by Crippen LogP contribution is -1.99. The van der Waals surface area contributed by atoms with Gasteiger partial charge in [0.05, 0.1) is 17.7 Å². The van der Waals surface area contributed by atoms with Crippen LogP contribution in [0.4, 0.5) is 0 Å². The van der Waals surface area contributed by atoms with Crippen LogP contribution in [0.5, 0.6) is 0 Å². The Bertz CT molecular complexity index is 390. The Balaban J connectivity index is 2.67. The number of hydrogen-bond donors (Lipinski definition) is 0. The normalized spacial score (nSPS) is 9.71. The molecule has 1 rings (SSSR count). The van der Waals surface area contributed by atoms with Gasteiger partial charge >= 0.3 is 5.97 Å². The highest BCUT2D eigenvalue weighted by atomic mass is 35.5. The van der Waals surface area contributed by atoms with Crippen molar-refractivity contribution >= 4 is 17.6 Å². The van der Waals surface area contributed by atoms with Crippen molar-refractivity contribution in [2.75, 3.05) is 0 Å². The van der Waals surface area contributed by atoms with Crippen LogP contribution in [0.25, 0.3) is 0 Å². The van der Waals surface area contributed by atoms with E-state index in [1.54, 1.807) is 30.3 Å². The van der Waals surface area contributed by atoms with Crippen molar-refractivity contribution in [3.63, 3.8) is 0 Å². The number of ether oxygens (including phenoxy) is 1. The maximum Gasteiger partial charge on any atom is 0.342 e. The van der Waals surface area contributed by atoms with Gasteiger partial charge in [0.1, 0.15) is 6.26 Å². The summed E-state index contributed by atoms with van der Waals surface area (Å²) < 4.78 is 4.62. The van der Waals surface area contributed by atoms with Crippen molar-refractivity contribution in [3.05, 3.63) is 47.2 Å². The van der Waals surface area contributed by atoms with Gasteiger partial charge in [-0.2, -0.15) is 5.26 Å². The van der Waals surface area contributed by atoms with E-state index in [0.29, 0.717) is 10.6 Å². The summed E-state index contributed by atoms with van der Waals surface area (Å²) in [5.41, 5.74) is 0.386. The van der Waals surface area contributed by atoms with Crippen LogP contribution in [0.15, 0.2) is 36.6 Å². The highest BCUT2D eigenvalue weighted by molar-refractivity contribution is 6.30. The first-order valence-electron chi connectivity index (χ1n) is 3.75. The summed E-state index contributed by atoms with van der Waals surface area (Å²) in [7, 11) is 0. The molecule has 0 amide bonds. The number of nitriles is 1. The molecule has 0 saturated carbocycles. The van der Waals surface area contributed by atoms with E-state index in [1.807, 2.05) is 0 Å². The van der Waals surface area contributed by atoms with Gasteiger partial charge in [-0.15, -0.1) is 0 Å². The lowest BCUT2D eigenvalue weighted by atomic mass is 10.2. The Kier molecular flexibility index (Phi) is 3.71. The van der Waals surface area contributed by atoms with Gasteiger partial charge in [-0.1, -0.05) is 11.6 Å². The predicted molar refractivity (Wildman–Crippen MR) is 51.6 cm³/mol. The van der Waals surface area contributed by atoms with Crippen LogP contribution in [-0.4, -0.2) is 5.97 Å². The third kappa shape index (κ3) is 2.92. The van der Waals surface area contributed by atoms with Gasteiger partial charge in [-0.05, 0) is 24.3 Å². The van der Waals surface area contributed by atoms with E-state index in [9.17, 15) is 4.79 Å². The second-order valence-corrected chi connectivity index (χ2v) is 2.78. The van der Waals surface area contributed by atoms with E-state index in [-0.39, 0.29) is 0 Å². The predicted octanol–water partition coefficient (Wildman–Crippen LogP) is 2.53. The summed E-state index contributed by atoms with van der Waals surface area (Å²) in [5, 5.41) is 8.69. The molecule has 0 aliphatic rings. The Labute approximate surface area is 86.2 Å². The van der Waals surface area contributed by atoms with E-state index in [0.717, 1.165) is 12.3 Å². The number of hydrogen-bond acceptors (Lipinski definition) is 3. The first kappa shape index (κ1) is 10.3. The van der Waals surface area contributed by atoms with Crippen molar-refractivity contribution in [2.45, 2.75) is 0 Å². The Morgan fingerprint density at radius 3 is 2.64 bits per heavy atom. The number of carbonyl (C=O) groups is 1. The number of nitrogens with zero attached hydrogens (tertiary/aromatic N) is 1. The Morgan fingerprint density at radius 2 is 2.07 bits per heavy atom. The van der Waals surface area contributed by atoms with E-state index < -0.39 is 5.97 Å². The summed E-state index contributed by atoms with van der Waals surface area (Å²) >= 11 is 5.63. The summed E-state index contributed by atoms with van der Waals surface area (Å²) in [6, 6.07) is 7.98. The largest absolute Gasteiger partial charge is 0.430 e. The highest BCUT2D eigenvalue weighted by Crippen LogP contribution is 2.10. The lowest BCUT2D eigenvalue weighted by Gasteiger charge is -1.97. The van der Waals surface area contributed by atoms with Crippen molar-refractivity contribution in [1.29, 1.82) is 5.26 Å². The molecule has 0 fully saturated rings. The van der Waals surface area contributed by atoms with E-state index in [1.165, 1.54) is 0 Å². The summed E-state index contributed by atoms with van der Waals surface area (Å²) in [6.45, 7) is 0. The molecule has 70 valence electrons. The van der Waals surface area contributed by atoms with Crippen LogP contribution in [0.3, 0.4) is 0 Å². The van der Waals surface area contributed by atoms with Crippen LogP contribution < -0.4 is 0 Å². The average molecular weight is 208 g/mol. The first-order valence-corrected chi connectivity index (χ1v) is 4.13. The fraction of sp³-hybridized carbons (Fsp3) is 0. The van der Waals surface area contributed by atoms with Gasteiger partial charge in [0.15, 0.2) is 0 Å². The van der Waals surface area contributed by atoms with Gasteiger partial charge in [-0.25, -0.2) is 4.79 Å². The van der Waals surface area contributed by atoms with Crippen molar-refractivity contribution in [1.82, 2.24) is 0 Å². The maximum atomic E-state index is 11.2. The maximum absolute atomic E-state index is 11.2. The number of allylic oxidation sites excluding steroid dienone is 1. The minimum Gasteiger partial charge on any atom is -0.430 e. The van der Waals surface area contributed by atoms with E-state index in [4.69, 9.17) is 16.9 Å². The Hall–Kier alpha value is -1.79. The minimum absolute atomic E-state index is 0.386. The molecule has 0 spiro atoms. The molecule has 4 heteroatoms. The zero-order chi connectivity index (χ0) is 10.4. The van der Waals surface area contributed by atoms with E-state index in [2.05, 4.69) is 4.74 Å². The monoisotopic (exact) mass is 207 g/mol. The molecule has 0 N–H and O–H groups in total. The molecule has 0 aliphatic carbocycles. The van der Waals surface area contributed by atoms with Crippen molar-refractivity contribution in [2.24, 2.45) is 0 Å². The van der Waals surface area contributed by atoms with Gasteiger partial charge in [0, 0.05) is 5.02 Å². The standard InChI is InChI=1S/C10H6ClNO2/c11-9-4-2-8(3-5-9)10(13)14-7-1-6-12/h1-5,7H. The number of halogens is 1. The van der Waals surface area contributed by atoms with E-state index >= 15 is 0 Å². The quantitative estimate of drug-likeness (QED) is 0.425. The lowest BCUT2D eigenvalue weighted by molar-refractivity contribution is 0.0663. The SMILES string of the molecule is N#CC=COC(=O)c1ccc(Cl)cc1. The van der Waals surface area contributed by atoms with Crippen LogP contribution in [0.1, 0.15) is 10.4 Å². The van der Waals surface area contributed by atoms with Crippen LogP contribution in [-0.2, 0) is 4.74 Å². The molecule has 0 aliphatic heterocycles. The number of rotatable bonds is 2. The molecule has 14 heavy (non-hydrogen) atoms. The number of esters is 1. The molecule has 1 aromatic carbocycles. The number of carbonyl (C=O) groups excluding carboxylic acids is 1.